The van der Waals surface area contributed by atoms with Gasteiger partial charge in [0.2, 0.25) is 0 Å². The van der Waals surface area contributed by atoms with E-state index in [4.69, 9.17) is 22.1 Å². The molecule has 2 aromatic carbocycles. The zero-order chi connectivity index (χ0) is 13.8. The van der Waals surface area contributed by atoms with Gasteiger partial charge in [-0.25, -0.2) is 8.78 Å². The van der Waals surface area contributed by atoms with Gasteiger partial charge in [0.15, 0.2) is 0 Å². The summed E-state index contributed by atoms with van der Waals surface area (Å²) in [6, 6.07) is 8.77. The van der Waals surface area contributed by atoms with E-state index in [0.717, 1.165) is 6.07 Å². The van der Waals surface area contributed by atoms with Crippen LogP contribution in [0.25, 0.3) is 0 Å². The van der Waals surface area contributed by atoms with Crippen LogP contribution in [0.15, 0.2) is 36.4 Å². The summed E-state index contributed by atoms with van der Waals surface area (Å²) in [5.41, 5.74) is 6.50. The van der Waals surface area contributed by atoms with Crippen molar-refractivity contribution in [2.24, 2.45) is 5.73 Å². The maximum atomic E-state index is 13.7. The van der Waals surface area contributed by atoms with Crippen molar-refractivity contribution in [2.75, 3.05) is 0 Å². The zero-order valence-corrected chi connectivity index (χ0v) is 10.8. The molecule has 0 aliphatic carbocycles. The van der Waals surface area contributed by atoms with E-state index in [1.807, 2.05) is 0 Å². The van der Waals surface area contributed by atoms with Gasteiger partial charge in [-0.15, -0.1) is 0 Å². The SMILES string of the molecule is NCc1ccc(COc2ccc(Cl)c(F)c2)c(F)c1. The second kappa shape index (κ2) is 5.99. The standard InChI is InChI=1S/C14H12ClF2NO/c15-12-4-3-11(6-14(12)17)19-8-10-2-1-9(7-18)5-13(10)16/h1-6H,7-8,18H2. The van der Waals surface area contributed by atoms with Crippen LogP contribution in [0, 0.1) is 11.6 Å². The molecule has 0 saturated heterocycles. The van der Waals surface area contributed by atoms with Crippen molar-refractivity contribution in [1.29, 1.82) is 0 Å². The van der Waals surface area contributed by atoms with Crippen molar-refractivity contribution in [1.82, 2.24) is 0 Å². The van der Waals surface area contributed by atoms with Crippen LogP contribution >= 0.6 is 11.6 Å². The highest BCUT2D eigenvalue weighted by atomic mass is 35.5. The van der Waals surface area contributed by atoms with Gasteiger partial charge in [-0.1, -0.05) is 23.7 Å². The summed E-state index contributed by atoms with van der Waals surface area (Å²) >= 11 is 5.55. The molecule has 0 unspecified atom stereocenters. The van der Waals surface area contributed by atoms with Gasteiger partial charge in [0, 0.05) is 18.2 Å². The summed E-state index contributed by atoms with van der Waals surface area (Å²) in [5.74, 6) is -0.667. The monoisotopic (exact) mass is 283 g/mol. The molecule has 2 nitrogen and oxygen atoms in total. The molecule has 0 radical (unpaired) electrons. The normalized spacial score (nSPS) is 10.5. The van der Waals surface area contributed by atoms with Crippen LogP contribution in [-0.2, 0) is 13.2 Å². The Balaban J connectivity index is 2.07. The lowest BCUT2D eigenvalue weighted by atomic mass is 10.1. The predicted octanol–water partition coefficient (Wildman–Crippen LogP) is 3.66. The minimum Gasteiger partial charge on any atom is -0.489 e. The van der Waals surface area contributed by atoms with Crippen LogP contribution in [0.2, 0.25) is 5.02 Å². The fraction of sp³-hybridized carbons (Fsp3) is 0.143. The second-order valence-corrected chi connectivity index (χ2v) is 4.40. The van der Waals surface area contributed by atoms with E-state index in [0.29, 0.717) is 16.9 Å². The van der Waals surface area contributed by atoms with E-state index in [9.17, 15) is 8.78 Å². The van der Waals surface area contributed by atoms with Crippen LogP contribution in [0.1, 0.15) is 11.1 Å². The molecule has 2 N–H and O–H groups in total. The van der Waals surface area contributed by atoms with E-state index in [2.05, 4.69) is 0 Å². The first kappa shape index (κ1) is 13.8. The number of hydrogen-bond acceptors (Lipinski definition) is 2. The number of rotatable bonds is 4. The van der Waals surface area contributed by atoms with Crippen LogP contribution in [0.5, 0.6) is 5.75 Å². The molecule has 5 heteroatoms. The van der Waals surface area contributed by atoms with Crippen molar-refractivity contribution in [3.8, 4) is 5.75 Å². The van der Waals surface area contributed by atoms with Crippen LogP contribution in [0.3, 0.4) is 0 Å². The smallest absolute Gasteiger partial charge is 0.145 e. The van der Waals surface area contributed by atoms with Gasteiger partial charge >= 0.3 is 0 Å². The van der Waals surface area contributed by atoms with Gasteiger partial charge in [0.05, 0.1) is 5.02 Å². The summed E-state index contributed by atoms with van der Waals surface area (Å²) in [6.07, 6.45) is 0. The molecule has 0 amide bonds. The van der Waals surface area contributed by atoms with Gasteiger partial charge in [0.25, 0.3) is 0 Å². The average molecular weight is 284 g/mol. The Morgan fingerprint density at radius 2 is 1.84 bits per heavy atom. The van der Waals surface area contributed by atoms with Gasteiger partial charge in [-0.2, -0.15) is 0 Å². The topological polar surface area (TPSA) is 35.2 Å². The van der Waals surface area contributed by atoms with Crippen molar-refractivity contribution in [3.63, 3.8) is 0 Å². The molecule has 2 aromatic rings. The third-order valence-electron chi connectivity index (χ3n) is 2.64. The molecule has 19 heavy (non-hydrogen) atoms. The first-order chi connectivity index (χ1) is 9.10. The number of hydrogen-bond donors (Lipinski definition) is 1. The summed E-state index contributed by atoms with van der Waals surface area (Å²) in [7, 11) is 0. The largest absolute Gasteiger partial charge is 0.489 e. The van der Waals surface area contributed by atoms with Gasteiger partial charge < -0.3 is 10.5 Å². The molecule has 0 fully saturated rings. The molecular weight excluding hydrogens is 272 g/mol. The fourth-order valence-electron chi connectivity index (χ4n) is 1.56. The van der Waals surface area contributed by atoms with Crippen LogP contribution in [-0.4, -0.2) is 0 Å². The molecular formula is C14H12ClF2NO. The summed E-state index contributed by atoms with van der Waals surface area (Å²) in [4.78, 5) is 0. The highest BCUT2D eigenvalue weighted by Crippen LogP contribution is 2.21. The van der Waals surface area contributed by atoms with E-state index in [-0.39, 0.29) is 18.2 Å². The molecule has 0 heterocycles. The Morgan fingerprint density at radius 3 is 2.47 bits per heavy atom. The van der Waals surface area contributed by atoms with Crippen molar-refractivity contribution < 1.29 is 13.5 Å². The Hall–Kier alpha value is -1.65. The van der Waals surface area contributed by atoms with Gasteiger partial charge in [-0.3, -0.25) is 0 Å². The van der Waals surface area contributed by atoms with Crippen LogP contribution < -0.4 is 10.5 Å². The fourth-order valence-corrected chi connectivity index (χ4v) is 1.68. The number of nitrogens with two attached hydrogens (primary N) is 1. The molecule has 0 bridgehead atoms. The highest BCUT2D eigenvalue weighted by molar-refractivity contribution is 6.30. The summed E-state index contributed by atoms with van der Waals surface area (Å²) in [5, 5.41) is 0.0193. The zero-order valence-electron chi connectivity index (χ0n) is 10.00. The lowest BCUT2D eigenvalue weighted by Crippen LogP contribution is -2.02. The first-order valence-electron chi connectivity index (χ1n) is 5.65. The lowest BCUT2D eigenvalue weighted by Gasteiger charge is -2.08. The molecule has 0 spiro atoms. The van der Waals surface area contributed by atoms with Crippen molar-refractivity contribution >= 4 is 11.6 Å². The van der Waals surface area contributed by atoms with Gasteiger partial charge in [0.1, 0.15) is 24.0 Å². The maximum absolute atomic E-state index is 13.7. The van der Waals surface area contributed by atoms with Crippen molar-refractivity contribution in [3.05, 3.63) is 64.2 Å². The van der Waals surface area contributed by atoms with E-state index in [1.54, 1.807) is 12.1 Å². The Labute approximate surface area is 114 Å². The molecule has 0 aromatic heterocycles. The molecule has 0 aliphatic heterocycles. The Morgan fingerprint density at radius 1 is 1.05 bits per heavy atom. The van der Waals surface area contributed by atoms with Gasteiger partial charge in [-0.05, 0) is 23.8 Å². The summed E-state index contributed by atoms with van der Waals surface area (Å²) < 4.78 is 32.1. The van der Waals surface area contributed by atoms with Crippen LogP contribution in [0.4, 0.5) is 8.78 Å². The number of halogens is 3. The van der Waals surface area contributed by atoms with E-state index in [1.165, 1.54) is 18.2 Å². The minimum absolute atomic E-state index is 0.0117. The highest BCUT2D eigenvalue weighted by Gasteiger charge is 2.06. The van der Waals surface area contributed by atoms with E-state index < -0.39 is 11.6 Å². The first-order valence-corrected chi connectivity index (χ1v) is 6.03. The second-order valence-electron chi connectivity index (χ2n) is 3.99. The average Bonchev–Trinajstić information content (AvgIpc) is 2.41. The Bertz CT molecular complexity index is 590. The minimum atomic E-state index is -0.571. The quantitative estimate of drug-likeness (QED) is 0.929. The number of benzene rings is 2. The third kappa shape index (κ3) is 3.43. The predicted molar refractivity (Wildman–Crippen MR) is 70.0 cm³/mol. The maximum Gasteiger partial charge on any atom is 0.145 e. The molecule has 2 rings (SSSR count). The molecule has 0 atom stereocenters. The number of ether oxygens (including phenoxy) is 1. The Kier molecular flexibility index (Phi) is 4.35. The van der Waals surface area contributed by atoms with Crippen molar-refractivity contribution in [2.45, 2.75) is 13.2 Å². The lowest BCUT2D eigenvalue weighted by molar-refractivity contribution is 0.298. The van der Waals surface area contributed by atoms with E-state index >= 15 is 0 Å². The summed E-state index contributed by atoms with van der Waals surface area (Å²) in [6.45, 7) is 0.290. The molecule has 0 aliphatic rings. The third-order valence-corrected chi connectivity index (χ3v) is 2.95. The molecule has 100 valence electrons. The molecule has 0 saturated carbocycles.